The number of halogens is 2. The number of benzene rings is 1. The van der Waals surface area contributed by atoms with Gasteiger partial charge in [-0.3, -0.25) is 4.90 Å². The van der Waals surface area contributed by atoms with Gasteiger partial charge in [0.2, 0.25) is 0 Å². The zero-order valence-corrected chi connectivity index (χ0v) is 14.2. The standard InChI is InChI=1S/C14H15Cl2N3O2S/c1-19-5-4-17-8-13(19)22(20,21)9-2-3-10-11(6-9)14(16)18-7-12(10)15/h2-3,6-7,13,17H,4-5,8H2,1H3. The molecule has 0 radical (unpaired) electrons. The van der Waals surface area contributed by atoms with Gasteiger partial charge < -0.3 is 5.32 Å². The molecular weight excluding hydrogens is 345 g/mol. The van der Waals surface area contributed by atoms with Gasteiger partial charge in [0.05, 0.1) is 9.92 Å². The van der Waals surface area contributed by atoms with Crippen molar-refractivity contribution in [2.75, 3.05) is 26.7 Å². The van der Waals surface area contributed by atoms with Gasteiger partial charge in [0.15, 0.2) is 9.84 Å². The smallest absolute Gasteiger partial charge is 0.195 e. The van der Waals surface area contributed by atoms with E-state index in [-0.39, 0.29) is 10.0 Å². The van der Waals surface area contributed by atoms with Crippen LogP contribution in [0.25, 0.3) is 10.8 Å². The minimum Gasteiger partial charge on any atom is -0.313 e. The lowest BCUT2D eigenvalue weighted by Gasteiger charge is -2.32. The van der Waals surface area contributed by atoms with Gasteiger partial charge in [0, 0.05) is 36.6 Å². The fraction of sp³-hybridized carbons (Fsp3) is 0.357. The molecule has 0 saturated carbocycles. The summed E-state index contributed by atoms with van der Waals surface area (Å²) < 4.78 is 25.7. The van der Waals surface area contributed by atoms with Crippen molar-refractivity contribution in [3.8, 4) is 0 Å². The summed E-state index contributed by atoms with van der Waals surface area (Å²) in [5.41, 5.74) is 0. The summed E-state index contributed by atoms with van der Waals surface area (Å²) in [5, 5.41) is 4.45. The van der Waals surface area contributed by atoms with Gasteiger partial charge in [-0.25, -0.2) is 13.4 Å². The lowest BCUT2D eigenvalue weighted by molar-refractivity contribution is 0.255. The van der Waals surface area contributed by atoms with Crippen LogP contribution in [0.5, 0.6) is 0 Å². The number of hydrogen-bond donors (Lipinski definition) is 1. The van der Waals surface area contributed by atoms with Gasteiger partial charge in [-0.05, 0) is 19.2 Å². The summed E-state index contributed by atoms with van der Waals surface area (Å²) in [4.78, 5) is 6.04. The Morgan fingerprint density at radius 2 is 2.09 bits per heavy atom. The predicted molar refractivity (Wildman–Crippen MR) is 88.2 cm³/mol. The molecule has 1 saturated heterocycles. The van der Waals surface area contributed by atoms with Gasteiger partial charge in [-0.15, -0.1) is 0 Å². The number of aromatic nitrogens is 1. The average Bonchev–Trinajstić information content (AvgIpc) is 2.51. The second-order valence-electron chi connectivity index (χ2n) is 5.29. The first-order valence-electron chi connectivity index (χ1n) is 6.80. The molecule has 1 aliphatic heterocycles. The third kappa shape index (κ3) is 2.70. The number of nitrogens with zero attached hydrogens (tertiary/aromatic N) is 2. The molecule has 8 heteroatoms. The van der Waals surface area contributed by atoms with Crippen LogP contribution in [0.1, 0.15) is 0 Å². The SMILES string of the molecule is CN1CCNCC1S(=O)(=O)c1ccc2c(Cl)cnc(Cl)c2c1. The number of piperazine rings is 1. The molecular formula is C14H15Cl2N3O2S. The Bertz CT molecular complexity index is 826. The average molecular weight is 360 g/mol. The van der Waals surface area contributed by atoms with Crippen LogP contribution in [0.3, 0.4) is 0 Å². The molecule has 3 rings (SSSR count). The number of sulfone groups is 1. The van der Waals surface area contributed by atoms with E-state index in [4.69, 9.17) is 23.2 Å². The first kappa shape index (κ1) is 16.0. The Balaban J connectivity index is 2.11. The van der Waals surface area contributed by atoms with Gasteiger partial charge in [0.1, 0.15) is 10.5 Å². The number of pyridine rings is 1. The van der Waals surface area contributed by atoms with Gasteiger partial charge in [-0.2, -0.15) is 0 Å². The van der Waals surface area contributed by atoms with Crippen LogP contribution < -0.4 is 5.32 Å². The Morgan fingerprint density at radius 1 is 1.32 bits per heavy atom. The van der Waals surface area contributed by atoms with Crippen molar-refractivity contribution < 1.29 is 8.42 Å². The second kappa shape index (κ2) is 5.94. The highest BCUT2D eigenvalue weighted by atomic mass is 35.5. The van der Waals surface area contributed by atoms with E-state index in [9.17, 15) is 8.42 Å². The largest absolute Gasteiger partial charge is 0.313 e. The van der Waals surface area contributed by atoms with Gasteiger partial charge in [0.25, 0.3) is 0 Å². The molecule has 1 fully saturated rings. The fourth-order valence-corrected chi connectivity index (χ4v) is 4.81. The van der Waals surface area contributed by atoms with Crippen LogP contribution >= 0.6 is 23.2 Å². The Morgan fingerprint density at radius 3 is 2.82 bits per heavy atom. The molecule has 1 N–H and O–H groups in total. The van der Waals surface area contributed by atoms with Crippen molar-refractivity contribution in [2.45, 2.75) is 10.3 Å². The maximum Gasteiger partial charge on any atom is 0.195 e. The lowest BCUT2D eigenvalue weighted by atomic mass is 10.2. The van der Waals surface area contributed by atoms with Gasteiger partial charge >= 0.3 is 0 Å². The van der Waals surface area contributed by atoms with E-state index < -0.39 is 15.2 Å². The molecule has 1 aliphatic rings. The minimum atomic E-state index is -3.50. The summed E-state index contributed by atoms with van der Waals surface area (Å²) >= 11 is 12.2. The van der Waals surface area contributed by atoms with Crippen LogP contribution in [-0.2, 0) is 9.84 Å². The normalized spacial score (nSPS) is 20.4. The van der Waals surface area contributed by atoms with E-state index in [0.29, 0.717) is 28.9 Å². The molecule has 2 heterocycles. The molecule has 1 aromatic heterocycles. The van der Waals surface area contributed by atoms with Crippen LogP contribution in [-0.4, -0.2) is 50.4 Å². The molecule has 1 aromatic carbocycles. The van der Waals surface area contributed by atoms with Crippen molar-refractivity contribution >= 4 is 43.8 Å². The topological polar surface area (TPSA) is 62.3 Å². The Hall–Kier alpha value is -0.920. The third-order valence-electron chi connectivity index (χ3n) is 3.90. The minimum absolute atomic E-state index is 0.228. The van der Waals surface area contributed by atoms with E-state index in [2.05, 4.69) is 10.3 Å². The Labute approximate surface area is 139 Å². The van der Waals surface area contributed by atoms with E-state index in [1.165, 1.54) is 6.20 Å². The van der Waals surface area contributed by atoms with Crippen molar-refractivity contribution in [1.82, 2.24) is 15.2 Å². The molecule has 0 bridgehead atoms. The predicted octanol–water partition coefficient (Wildman–Crippen LogP) is 2.18. The number of rotatable bonds is 2. The first-order chi connectivity index (χ1) is 10.4. The number of fused-ring (bicyclic) bond motifs is 1. The van der Waals surface area contributed by atoms with Gasteiger partial charge in [-0.1, -0.05) is 29.3 Å². The number of hydrogen-bond acceptors (Lipinski definition) is 5. The highest BCUT2D eigenvalue weighted by Crippen LogP contribution is 2.31. The quantitative estimate of drug-likeness (QED) is 0.832. The van der Waals surface area contributed by atoms with E-state index in [1.54, 1.807) is 18.2 Å². The molecule has 22 heavy (non-hydrogen) atoms. The van der Waals surface area contributed by atoms with E-state index in [1.807, 2.05) is 11.9 Å². The maximum absolute atomic E-state index is 12.9. The summed E-state index contributed by atoms with van der Waals surface area (Å²) in [5.74, 6) is 0. The molecule has 0 amide bonds. The first-order valence-corrected chi connectivity index (χ1v) is 9.10. The zero-order valence-electron chi connectivity index (χ0n) is 11.9. The van der Waals surface area contributed by atoms with E-state index in [0.717, 1.165) is 6.54 Å². The van der Waals surface area contributed by atoms with Crippen molar-refractivity contribution in [2.24, 2.45) is 0 Å². The molecule has 0 spiro atoms. The monoisotopic (exact) mass is 359 g/mol. The fourth-order valence-electron chi connectivity index (χ4n) is 2.62. The van der Waals surface area contributed by atoms with E-state index >= 15 is 0 Å². The van der Waals surface area contributed by atoms with Crippen molar-refractivity contribution in [3.05, 3.63) is 34.6 Å². The maximum atomic E-state index is 12.9. The molecule has 118 valence electrons. The second-order valence-corrected chi connectivity index (χ2v) is 8.16. The van der Waals surface area contributed by atoms with Crippen LogP contribution in [0, 0.1) is 0 Å². The molecule has 5 nitrogen and oxygen atoms in total. The Kier molecular flexibility index (Phi) is 4.31. The number of likely N-dealkylation sites (N-methyl/N-ethyl adjacent to an activating group) is 1. The zero-order chi connectivity index (χ0) is 15.9. The highest BCUT2D eigenvalue weighted by molar-refractivity contribution is 7.92. The summed E-state index contributed by atoms with van der Waals surface area (Å²) in [6.45, 7) is 1.87. The molecule has 2 aromatic rings. The number of nitrogens with one attached hydrogen (secondary N) is 1. The summed E-state index contributed by atoms with van der Waals surface area (Å²) in [7, 11) is -1.68. The summed E-state index contributed by atoms with van der Waals surface area (Å²) in [6.07, 6.45) is 1.46. The van der Waals surface area contributed by atoms with Crippen LogP contribution in [0.2, 0.25) is 10.2 Å². The third-order valence-corrected chi connectivity index (χ3v) is 6.66. The summed E-state index contributed by atoms with van der Waals surface area (Å²) in [6, 6.07) is 4.80. The van der Waals surface area contributed by atoms with Crippen molar-refractivity contribution in [3.63, 3.8) is 0 Å². The molecule has 0 aliphatic carbocycles. The van der Waals surface area contributed by atoms with Crippen LogP contribution in [0.15, 0.2) is 29.3 Å². The lowest BCUT2D eigenvalue weighted by Crippen LogP contribution is -2.52. The molecule has 1 atom stereocenters. The molecule has 1 unspecified atom stereocenters. The highest BCUT2D eigenvalue weighted by Gasteiger charge is 2.33. The van der Waals surface area contributed by atoms with Crippen molar-refractivity contribution in [1.29, 1.82) is 0 Å². The van der Waals surface area contributed by atoms with Crippen LogP contribution in [0.4, 0.5) is 0 Å².